The minimum Gasteiger partial charge on any atom is -0.342 e. The van der Waals surface area contributed by atoms with Crippen LogP contribution in [0.1, 0.15) is 57.8 Å². The van der Waals surface area contributed by atoms with E-state index in [0.29, 0.717) is 18.2 Å². The molecule has 4 atom stereocenters. The number of rotatable bonds is 2. The molecule has 0 bridgehead atoms. The van der Waals surface area contributed by atoms with Crippen LogP contribution in [-0.4, -0.2) is 29.9 Å². The summed E-state index contributed by atoms with van der Waals surface area (Å²) in [5, 5.41) is 0. The van der Waals surface area contributed by atoms with Crippen molar-refractivity contribution in [3.05, 3.63) is 0 Å². The number of likely N-dealkylation sites (tertiary alicyclic amines) is 1. The number of halogens is 1. The summed E-state index contributed by atoms with van der Waals surface area (Å²) in [5.41, 5.74) is 6.17. The van der Waals surface area contributed by atoms with Gasteiger partial charge in [0.2, 0.25) is 5.91 Å². The van der Waals surface area contributed by atoms with Gasteiger partial charge in [0.1, 0.15) is 0 Å². The number of fused-ring (bicyclic) bond motifs is 1. The van der Waals surface area contributed by atoms with E-state index >= 15 is 0 Å². The van der Waals surface area contributed by atoms with Gasteiger partial charge in [-0.2, -0.15) is 0 Å². The van der Waals surface area contributed by atoms with Crippen LogP contribution in [0.25, 0.3) is 0 Å². The molecule has 4 unspecified atom stereocenters. The maximum absolute atomic E-state index is 12.5. The van der Waals surface area contributed by atoms with Crippen molar-refractivity contribution in [1.82, 2.24) is 4.90 Å². The van der Waals surface area contributed by atoms with Crippen LogP contribution >= 0.6 is 12.4 Å². The molecule has 2 saturated carbocycles. The normalized spacial score (nSPS) is 37.1. The third kappa shape index (κ3) is 3.48. The molecule has 1 amide bonds. The van der Waals surface area contributed by atoms with Gasteiger partial charge in [-0.3, -0.25) is 4.79 Å². The number of carbonyl (C=O) groups excluding carboxylic acids is 1. The highest BCUT2D eigenvalue weighted by atomic mass is 35.5. The van der Waals surface area contributed by atoms with Gasteiger partial charge in [0.25, 0.3) is 0 Å². The zero-order valence-electron chi connectivity index (χ0n) is 12.4. The summed E-state index contributed by atoms with van der Waals surface area (Å²) in [5.74, 6) is 2.44. The van der Waals surface area contributed by atoms with Crippen LogP contribution in [0, 0.1) is 17.8 Å². The third-order valence-electron chi connectivity index (χ3n) is 5.73. The summed E-state index contributed by atoms with van der Waals surface area (Å²) in [6.07, 6.45) is 10.9. The molecule has 1 heterocycles. The predicted octanol–water partition coefficient (Wildman–Crippen LogP) is 2.96. The average Bonchev–Trinajstić information content (AvgIpc) is 2.85. The smallest absolute Gasteiger partial charge is 0.222 e. The van der Waals surface area contributed by atoms with Gasteiger partial charge in [-0.1, -0.05) is 25.7 Å². The van der Waals surface area contributed by atoms with Gasteiger partial charge in [0, 0.05) is 25.6 Å². The Morgan fingerprint density at radius 2 is 1.50 bits per heavy atom. The fourth-order valence-corrected chi connectivity index (χ4v) is 4.45. The van der Waals surface area contributed by atoms with Crippen LogP contribution in [0.2, 0.25) is 0 Å². The second kappa shape index (κ2) is 7.13. The van der Waals surface area contributed by atoms with Crippen LogP contribution in [0.15, 0.2) is 0 Å². The molecule has 2 aliphatic carbocycles. The lowest BCUT2D eigenvalue weighted by atomic mass is 9.82. The van der Waals surface area contributed by atoms with E-state index in [-0.39, 0.29) is 18.4 Å². The molecular formula is C16H29ClN2O. The Labute approximate surface area is 129 Å². The molecule has 1 saturated heterocycles. The highest BCUT2D eigenvalue weighted by Crippen LogP contribution is 2.37. The Morgan fingerprint density at radius 3 is 2.10 bits per heavy atom. The predicted molar refractivity (Wildman–Crippen MR) is 83.8 cm³/mol. The van der Waals surface area contributed by atoms with E-state index in [1.807, 2.05) is 0 Å². The minimum atomic E-state index is 0. The number of carbonyl (C=O) groups is 1. The lowest BCUT2D eigenvalue weighted by Gasteiger charge is -2.29. The topological polar surface area (TPSA) is 46.3 Å². The second-order valence-corrected chi connectivity index (χ2v) is 7.02. The standard InChI is InChI=1S/C16H28N2O.ClH/c17-15-8-4-3-5-12(15)9-16(19)18-10-13-6-1-2-7-14(13)11-18;/h12-15H,1-11,17H2;1H. The summed E-state index contributed by atoms with van der Waals surface area (Å²) in [4.78, 5) is 14.6. The molecule has 2 N–H and O–H groups in total. The molecule has 116 valence electrons. The zero-order valence-corrected chi connectivity index (χ0v) is 13.2. The third-order valence-corrected chi connectivity index (χ3v) is 5.73. The van der Waals surface area contributed by atoms with E-state index in [4.69, 9.17) is 5.73 Å². The van der Waals surface area contributed by atoms with E-state index in [0.717, 1.165) is 37.8 Å². The van der Waals surface area contributed by atoms with Crippen molar-refractivity contribution in [2.24, 2.45) is 23.5 Å². The first-order chi connectivity index (χ1) is 9.24. The summed E-state index contributed by atoms with van der Waals surface area (Å²) in [7, 11) is 0. The molecule has 0 radical (unpaired) electrons. The molecular weight excluding hydrogens is 272 g/mol. The number of amides is 1. The Balaban J connectivity index is 0.00000147. The van der Waals surface area contributed by atoms with Gasteiger partial charge in [-0.15, -0.1) is 12.4 Å². The molecule has 3 nitrogen and oxygen atoms in total. The minimum absolute atomic E-state index is 0. The van der Waals surface area contributed by atoms with Crippen LogP contribution < -0.4 is 5.73 Å². The zero-order chi connectivity index (χ0) is 13.2. The number of nitrogens with two attached hydrogens (primary N) is 1. The first kappa shape index (κ1) is 16.1. The fraction of sp³-hybridized carbons (Fsp3) is 0.938. The lowest BCUT2D eigenvalue weighted by Crippen LogP contribution is -2.38. The Hall–Kier alpha value is -0.280. The quantitative estimate of drug-likeness (QED) is 0.852. The van der Waals surface area contributed by atoms with E-state index in [9.17, 15) is 4.79 Å². The Morgan fingerprint density at radius 1 is 0.950 bits per heavy atom. The van der Waals surface area contributed by atoms with Crippen molar-refractivity contribution in [3.8, 4) is 0 Å². The number of nitrogens with zero attached hydrogens (tertiary/aromatic N) is 1. The van der Waals surface area contributed by atoms with E-state index < -0.39 is 0 Å². The molecule has 0 aromatic heterocycles. The molecule has 1 aliphatic heterocycles. The summed E-state index contributed by atoms with van der Waals surface area (Å²) in [6.45, 7) is 2.07. The monoisotopic (exact) mass is 300 g/mol. The van der Waals surface area contributed by atoms with Crippen LogP contribution in [0.3, 0.4) is 0 Å². The first-order valence-electron chi connectivity index (χ1n) is 8.27. The highest BCUT2D eigenvalue weighted by Gasteiger charge is 2.37. The molecule has 3 aliphatic rings. The maximum Gasteiger partial charge on any atom is 0.222 e. The largest absolute Gasteiger partial charge is 0.342 e. The van der Waals surface area contributed by atoms with Crippen LogP contribution in [0.5, 0.6) is 0 Å². The van der Waals surface area contributed by atoms with Gasteiger partial charge in [0.05, 0.1) is 0 Å². The van der Waals surface area contributed by atoms with Crippen molar-refractivity contribution in [3.63, 3.8) is 0 Å². The lowest BCUT2D eigenvalue weighted by molar-refractivity contribution is -0.131. The van der Waals surface area contributed by atoms with Gasteiger partial charge in [-0.25, -0.2) is 0 Å². The number of hydrogen-bond acceptors (Lipinski definition) is 2. The molecule has 3 rings (SSSR count). The maximum atomic E-state index is 12.5. The van der Waals surface area contributed by atoms with Crippen molar-refractivity contribution >= 4 is 18.3 Å². The second-order valence-electron chi connectivity index (χ2n) is 7.02. The van der Waals surface area contributed by atoms with Crippen LogP contribution in [-0.2, 0) is 4.79 Å². The van der Waals surface area contributed by atoms with Gasteiger partial charge >= 0.3 is 0 Å². The SMILES string of the molecule is Cl.NC1CCCCC1CC(=O)N1CC2CCCCC2C1. The van der Waals surface area contributed by atoms with Crippen molar-refractivity contribution in [2.75, 3.05) is 13.1 Å². The van der Waals surface area contributed by atoms with Crippen molar-refractivity contribution in [1.29, 1.82) is 0 Å². The molecule has 20 heavy (non-hydrogen) atoms. The van der Waals surface area contributed by atoms with Gasteiger partial charge < -0.3 is 10.6 Å². The van der Waals surface area contributed by atoms with Crippen molar-refractivity contribution < 1.29 is 4.79 Å². The summed E-state index contributed by atoms with van der Waals surface area (Å²) in [6, 6.07) is 0.266. The summed E-state index contributed by atoms with van der Waals surface area (Å²) >= 11 is 0. The van der Waals surface area contributed by atoms with Gasteiger partial charge in [-0.05, 0) is 43.4 Å². The van der Waals surface area contributed by atoms with Gasteiger partial charge in [0.15, 0.2) is 0 Å². The van der Waals surface area contributed by atoms with E-state index in [2.05, 4.69) is 4.90 Å². The van der Waals surface area contributed by atoms with E-state index in [1.165, 1.54) is 38.5 Å². The van der Waals surface area contributed by atoms with E-state index in [1.54, 1.807) is 0 Å². The molecule has 4 heteroatoms. The molecule has 0 spiro atoms. The fourth-order valence-electron chi connectivity index (χ4n) is 4.45. The Kier molecular flexibility index (Phi) is 5.74. The number of hydrogen-bond donors (Lipinski definition) is 1. The molecule has 0 aromatic carbocycles. The van der Waals surface area contributed by atoms with Crippen LogP contribution in [0.4, 0.5) is 0 Å². The highest BCUT2D eigenvalue weighted by molar-refractivity contribution is 5.85. The first-order valence-corrected chi connectivity index (χ1v) is 8.27. The van der Waals surface area contributed by atoms with Crippen molar-refractivity contribution in [2.45, 2.75) is 63.8 Å². The molecule has 3 fully saturated rings. The Bertz CT molecular complexity index is 322. The average molecular weight is 301 g/mol. The summed E-state index contributed by atoms with van der Waals surface area (Å²) < 4.78 is 0. The molecule has 0 aromatic rings.